The highest BCUT2D eigenvalue weighted by atomic mass is 35.5. The van der Waals surface area contributed by atoms with Gasteiger partial charge in [-0.25, -0.2) is 4.39 Å². The first-order chi connectivity index (χ1) is 14.4. The van der Waals surface area contributed by atoms with Gasteiger partial charge in [0.25, 0.3) is 0 Å². The van der Waals surface area contributed by atoms with Crippen LogP contribution in [-0.2, 0) is 17.6 Å². The van der Waals surface area contributed by atoms with E-state index in [4.69, 9.17) is 16.3 Å². The monoisotopic (exact) mass is 421 g/mol. The molecule has 0 saturated heterocycles. The molecule has 1 aliphatic rings. The molecule has 3 aromatic carbocycles. The van der Waals surface area contributed by atoms with E-state index >= 15 is 0 Å². The van der Waals surface area contributed by atoms with Crippen molar-refractivity contribution in [2.45, 2.75) is 19.8 Å². The van der Waals surface area contributed by atoms with E-state index in [0.717, 1.165) is 34.2 Å². The minimum Gasteiger partial charge on any atom is -0.493 e. The van der Waals surface area contributed by atoms with Gasteiger partial charge in [0.1, 0.15) is 11.6 Å². The molecule has 150 valence electrons. The second-order valence-electron chi connectivity index (χ2n) is 7.50. The first kappa shape index (κ1) is 18.8. The van der Waals surface area contributed by atoms with Crippen LogP contribution in [0.1, 0.15) is 16.7 Å². The summed E-state index contributed by atoms with van der Waals surface area (Å²) in [4.78, 5) is 16.3. The molecule has 2 heterocycles. The number of nitrogens with zero attached hydrogens (tertiary/aromatic N) is 1. The van der Waals surface area contributed by atoms with E-state index in [0.29, 0.717) is 34.0 Å². The lowest BCUT2D eigenvalue weighted by Gasteiger charge is -2.22. The fourth-order valence-electron chi connectivity index (χ4n) is 4.39. The van der Waals surface area contributed by atoms with Crippen LogP contribution in [-0.4, -0.2) is 22.7 Å². The molecule has 1 aliphatic heterocycles. The van der Waals surface area contributed by atoms with Crippen molar-refractivity contribution in [2.75, 3.05) is 6.61 Å². The summed E-state index contributed by atoms with van der Waals surface area (Å²) in [5.41, 5.74) is 4.64. The molecule has 0 spiro atoms. The second-order valence-corrected chi connectivity index (χ2v) is 7.91. The quantitative estimate of drug-likeness (QED) is 0.459. The van der Waals surface area contributed by atoms with E-state index in [1.807, 2.05) is 31.2 Å². The molecule has 4 nitrogen and oxygen atoms in total. The molecule has 6 heteroatoms. The normalized spacial score (nSPS) is 12.9. The maximum atomic E-state index is 14.4. The Hall–Kier alpha value is -3.18. The molecule has 0 aliphatic carbocycles. The highest BCUT2D eigenvalue weighted by Crippen LogP contribution is 2.43. The van der Waals surface area contributed by atoms with Crippen molar-refractivity contribution >= 4 is 39.2 Å². The third kappa shape index (κ3) is 2.89. The molecular formula is C24H17ClFNO3. The maximum Gasteiger partial charge on any atom is 0.307 e. The number of carbonyl (C=O) groups is 1. The number of carboxylic acid groups (broad SMARTS) is 1. The summed E-state index contributed by atoms with van der Waals surface area (Å²) in [7, 11) is 0. The van der Waals surface area contributed by atoms with Crippen molar-refractivity contribution in [1.29, 1.82) is 0 Å². The summed E-state index contributed by atoms with van der Waals surface area (Å²) in [5.74, 6) is -0.679. The Morgan fingerprint density at radius 2 is 2.07 bits per heavy atom. The molecule has 1 aromatic heterocycles. The first-order valence-corrected chi connectivity index (χ1v) is 9.98. The zero-order valence-electron chi connectivity index (χ0n) is 16.1. The van der Waals surface area contributed by atoms with Crippen LogP contribution >= 0.6 is 11.6 Å². The number of ether oxygens (including phenoxy) is 1. The number of aliphatic carboxylic acids is 1. The minimum atomic E-state index is -0.958. The number of hydrogen-bond donors (Lipinski definition) is 1. The van der Waals surface area contributed by atoms with Gasteiger partial charge in [0, 0.05) is 29.0 Å². The van der Waals surface area contributed by atoms with Gasteiger partial charge in [-0.05, 0) is 71.0 Å². The van der Waals surface area contributed by atoms with E-state index < -0.39 is 11.8 Å². The third-order valence-electron chi connectivity index (χ3n) is 5.67. The zero-order valence-corrected chi connectivity index (χ0v) is 16.9. The number of carboxylic acids is 1. The fraction of sp³-hybridized carbons (Fsp3) is 0.167. The highest BCUT2D eigenvalue weighted by Gasteiger charge is 2.23. The van der Waals surface area contributed by atoms with Crippen LogP contribution in [0.2, 0.25) is 5.02 Å². The van der Waals surface area contributed by atoms with E-state index in [1.54, 1.807) is 6.20 Å². The van der Waals surface area contributed by atoms with E-state index in [1.165, 1.54) is 12.1 Å². The number of rotatable bonds is 3. The molecule has 4 aromatic rings. The van der Waals surface area contributed by atoms with Crippen molar-refractivity contribution in [3.8, 4) is 16.9 Å². The molecule has 5 rings (SSSR count). The Morgan fingerprint density at radius 3 is 2.87 bits per heavy atom. The van der Waals surface area contributed by atoms with Crippen LogP contribution in [0.15, 0.2) is 42.6 Å². The molecule has 0 amide bonds. The average Bonchev–Trinajstić information content (AvgIpc) is 2.70. The number of hydrogen-bond acceptors (Lipinski definition) is 3. The van der Waals surface area contributed by atoms with Crippen molar-refractivity contribution < 1.29 is 19.0 Å². The smallest absolute Gasteiger partial charge is 0.307 e. The Kier molecular flexibility index (Phi) is 4.36. The van der Waals surface area contributed by atoms with Gasteiger partial charge in [-0.15, -0.1) is 0 Å². The van der Waals surface area contributed by atoms with Crippen LogP contribution in [0.5, 0.6) is 5.75 Å². The number of benzene rings is 3. The SMILES string of the molecule is Cc1cc2c(Cl)cc(F)cc2c(-c2ccc3c4c(ccnc24)CCO3)c1CC(=O)O. The van der Waals surface area contributed by atoms with Crippen molar-refractivity contribution in [2.24, 2.45) is 0 Å². The fourth-order valence-corrected chi connectivity index (χ4v) is 4.65. The van der Waals surface area contributed by atoms with E-state index in [2.05, 4.69) is 4.98 Å². The van der Waals surface area contributed by atoms with Gasteiger partial charge in [-0.2, -0.15) is 0 Å². The summed E-state index contributed by atoms with van der Waals surface area (Å²) >= 11 is 6.36. The van der Waals surface area contributed by atoms with Gasteiger partial charge in [-0.3, -0.25) is 9.78 Å². The molecule has 0 saturated carbocycles. The number of pyridine rings is 1. The number of fused-ring (bicyclic) bond motifs is 1. The molecular weight excluding hydrogens is 405 g/mol. The zero-order chi connectivity index (χ0) is 21.0. The lowest BCUT2D eigenvalue weighted by atomic mass is 9.86. The summed E-state index contributed by atoms with van der Waals surface area (Å²) < 4.78 is 20.2. The number of aromatic nitrogens is 1. The lowest BCUT2D eigenvalue weighted by Crippen LogP contribution is -2.10. The summed E-state index contributed by atoms with van der Waals surface area (Å²) in [5, 5.41) is 12.0. The Balaban J connectivity index is 1.96. The highest BCUT2D eigenvalue weighted by molar-refractivity contribution is 6.36. The van der Waals surface area contributed by atoms with Crippen LogP contribution in [0.3, 0.4) is 0 Å². The van der Waals surface area contributed by atoms with Crippen molar-refractivity contribution in [3.63, 3.8) is 0 Å². The molecule has 0 bridgehead atoms. The Labute approximate surface area is 176 Å². The van der Waals surface area contributed by atoms with Gasteiger partial charge in [-0.1, -0.05) is 11.6 Å². The van der Waals surface area contributed by atoms with Crippen molar-refractivity contribution in [3.05, 3.63) is 70.1 Å². The lowest BCUT2D eigenvalue weighted by molar-refractivity contribution is -0.136. The van der Waals surface area contributed by atoms with Gasteiger partial charge >= 0.3 is 5.97 Å². The Morgan fingerprint density at radius 1 is 1.23 bits per heavy atom. The van der Waals surface area contributed by atoms with Crippen LogP contribution < -0.4 is 4.74 Å². The first-order valence-electron chi connectivity index (χ1n) is 9.61. The molecule has 30 heavy (non-hydrogen) atoms. The van der Waals surface area contributed by atoms with E-state index in [-0.39, 0.29) is 11.4 Å². The molecule has 0 unspecified atom stereocenters. The number of halogens is 2. The summed E-state index contributed by atoms with van der Waals surface area (Å²) in [6, 6.07) is 10.2. The standard InChI is InChI=1S/C24H17ClFNO3/c1-12-8-17-18(9-14(26)10-19(17)25)23(16(12)11-21(28)29)15-2-3-20-22-13(5-7-30-20)4-6-27-24(15)22/h2-4,6,8-10H,5,7,11H2,1H3,(H,28,29). The van der Waals surface area contributed by atoms with Gasteiger partial charge < -0.3 is 9.84 Å². The maximum absolute atomic E-state index is 14.4. The predicted octanol–water partition coefficient (Wildman–Crippen LogP) is 5.72. The molecule has 0 fully saturated rings. The molecule has 0 radical (unpaired) electrons. The van der Waals surface area contributed by atoms with Gasteiger partial charge in [0.15, 0.2) is 0 Å². The predicted molar refractivity (Wildman–Crippen MR) is 115 cm³/mol. The topological polar surface area (TPSA) is 59.4 Å². The van der Waals surface area contributed by atoms with E-state index in [9.17, 15) is 14.3 Å². The number of aryl methyl sites for hydroxylation is 1. The van der Waals surface area contributed by atoms with Crippen LogP contribution in [0, 0.1) is 12.7 Å². The largest absolute Gasteiger partial charge is 0.493 e. The van der Waals surface area contributed by atoms with Gasteiger partial charge in [0.05, 0.1) is 23.6 Å². The van der Waals surface area contributed by atoms with Crippen molar-refractivity contribution in [1.82, 2.24) is 4.98 Å². The molecule has 1 N–H and O–H groups in total. The summed E-state index contributed by atoms with van der Waals surface area (Å²) in [6.07, 6.45) is 2.33. The average molecular weight is 422 g/mol. The van der Waals surface area contributed by atoms with Gasteiger partial charge in [0.2, 0.25) is 0 Å². The minimum absolute atomic E-state index is 0.190. The van der Waals surface area contributed by atoms with Crippen LogP contribution in [0.4, 0.5) is 4.39 Å². The molecule has 0 atom stereocenters. The summed E-state index contributed by atoms with van der Waals surface area (Å²) in [6.45, 7) is 2.45. The van der Waals surface area contributed by atoms with Crippen LogP contribution in [0.25, 0.3) is 32.8 Å². The second kappa shape index (κ2) is 6.96. The Bertz CT molecular complexity index is 1360. The third-order valence-corrected chi connectivity index (χ3v) is 5.98.